The lowest BCUT2D eigenvalue weighted by Gasteiger charge is -2.32. The molecule has 0 saturated carbocycles. The average molecular weight is 412 g/mol. The first-order valence-electron chi connectivity index (χ1n) is 9.79. The number of hydrogen-bond donors (Lipinski definition) is 2. The molecule has 8 heteroatoms. The van der Waals surface area contributed by atoms with Crippen molar-refractivity contribution in [1.82, 2.24) is 5.32 Å². The Hall–Kier alpha value is -2.71. The molecule has 1 saturated heterocycles. The minimum atomic E-state index is -0.972. The molecule has 0 radical (unpaired) electrons. The Morgan fingerprint density at radius 2 is 1.60 bits per heavy atom. The second-order valence-electron chi connectivity index (χ2n) is 8.44. The van der Waals surface area contributed by atoms with Gasteiger partial charge in [-0.1, -0.05) is 36.4 Å². The van der Waals surface area contributed by atoms with E-state index in [0.29, 0.717) is 0 Å². The first-order valence-corrected chi connectivity index (χ1v) is 9.79. The lowest BCUT2D eigenvalue weighted by Crippen LogP contribution is -2.46. The predicted molar refractivity (Wildman–Crippen MR) is 113 cm³/mol. The number of rotatable bonds is 6. The van der Waals surface area contributed by atoms with Crippen LogP contribution in [0.4, 0.5) is 4.39 Å². The Morgan fingerprint density at radius 1 is 1.03 bits per heavy atom. The molecule has 30 heavy (non-hydrogen) atoms. The Morgan fingerprint density at radius 3 is 2.13 bits per heavy atom. The Balaban J connectivity index is 1.69. The van der Waals surface area contributed by atoms with Crippen molar-refractivity contribution in [3.63, 3.8) is 0 Å². The second kappa shape index (κ2) is 8.20. The summed E-state index contributed by atoms with van der Waals surface area (Å²) in [7, 11) is -0.489. The van der Waals surface area contributed by atoms with Gasteiger partial charge < -0.3 is 20.4 Å². The largest absolute Gasteiger partial charge is 0.494 e. The fraction of sp³-hybridized carbons (Fsp3) is 0.364. The molecular formula is C22H26BFN2O4. The van der Waals surface area contributed by atoms with Gasteiger partial charge in [0.15, 0.2) is 0 Å². The highest BCUT2D eigenvalue weighted by atomic mass is 19.1. The van der Waals surface area contributed by atoms with Gasteiger partial charge in [-0.25, -0.2) is 4.39 Å². The molecule has 0 unspecified atom stereocenters. The minimum Gasteiger partial charge on any atom is -0.399 e. The zero-order chi connectivity index (χ0) is 22.1. The van der Waals surface area contributed by atoms with Crippen LogP contribution in [-0.2, 0) is 20.5 Å². The maximum absolute atomic E-state index is 13.8. The van der Waals surface area contributed by atoms with Crippen molar-refractivity contribution in [1.29, 1.82) is 0 Å². The highest BCUT2D eigenvalue weighted by Gasteiger charge is 2.51. The van der Waals surface area contributed by atoms with Crippen LogP contribution in [0, 0.1) is 5.82 Å². The molecule has 6 nitrogen and oxygen atoms in total. The molecule has 0 aromatic heterocycles. The van der Waals surface area contributed by atoms with Crippen LogP contribution in [0.1, 0.15) is 43.6 Å². The van der Waals surface area contributed by atoms with Crippen molar-refractivity contribution in [3.05, 3.63) is 65.5 Å². The van der Waals surface area contributed by atoms with E-state index in [0.717, 1.165) is 11.0 Å². The van der Waals surface area contributed by atoms with Crippen molar-refractivity contribution in [2.45, 2.75) is 51.4 Å². The van der Waals surface area contributed by atoms with Crippen molar-refractivity contribution in [2.24, 2.45) is 5.73 Å². The number of amides is 2. The monoisotopic (exact) mass is 412 g/mol. The zero-order valence-corrected chi connectivity index (χ0v) is 17.6. The molecule has 1 heterocycles. The van der Waals surface area contributed by atoms with E-state index in [-0.39, 0.29) is 12.0 Å². The normalized spacial score (nSPS) is 18.1. The number of nitrogens with two attached hydrogens (primary N) is 1. The number of carbonyl (C=O) groups excluding carboxylic acids is 2. The fourth-order valence-corrected chi connectivity index (χ4v) is 3.13. The molecule has 2 aromatic rings. The molecule has 3 N–H and O–H groups in total. The summed E-state index contributed by atoms with van der Waals surface area (Å²) in [5, 5.41) is 2.51. The third-order valence-electron chi connectivity index (χ3n) is 5.71. The molecule has 2 aromatic carbocycles. The topological polar surface area (TPSA) is 90.6 Å². The molecule has 1 atom stereocenters. The van der Waals surface area contributed by atoms with Crippen LogP contribution >= 0.6 is 0 Å². The van der Waals surface area contributed by atoms with Crippen molar-refractivity contribution >= 4 is 24.4 Å². The van der Waals surface area contributed by atoms with Gasteiger partial charge in [0.2, 0.25) is 5.91 Å². The molecule has 0 bridgehead atoms. The number of nitrogens with one attached hydrogen (secondary N) is 1. The van der Waals surface area contributed by atoms with Crippen molar-refractivity contribution in [2.75, 3.05) is 0 Å². The zero-order valence-electron chi connectivity index (χ0n) is 17.6. The third-order valence-corrected chi connectivity index (χ3v) is 5.71. The van der Waals surface area contributed by atoms with E-state index in [1.165, 1.54) is 18.2 Å². The fourth-order valence-electron chi connectivity index (χ4n) is 3.13. The summed E-state index contributed by atoms with van der Waals surface area (Å²) in [6, 6.07) is 12.0. The molecule has 1 fully saturated rings. The number of primary amides is 1. The van der Waals surface area contributed by atoms with Crippen LogP contribution in [0.3, 0.4) is 0 Å². The molecule has 2 amide bonds. The molecule has 3 rings (SSSR count). The first kappa shape index (κ1) is 22.0. The second-order valence-corrected chi connectivity index (χ2v) is 8.44. The first-order chi connectivity index (χ1) is 14.0. The summed E-state index contributed by atoms with van der Waals surface area (Å²) in [6.07, 6.45) is 0.180. The molecule has 0 spiro atoms. The van der Waals surface area contributed by atoms with E-state index in [9.17, 15) is 14.0 Å². The van der Waals surface area contributed by atoms with Gasteiger partial charge in [-0.05, 0) is 50.9 Å². The Kier molecular flexibility index (Phi) is 6.01. The van der Waals surface area contributed by atoms with Gasteiger partial charge in [0.1, 0.15) is 11.9 Å². The number of benzene rings is 2. The van der Waals surface area contributed by atoms with Gasteiger partial charge in [0, 0.05) is 6.42 Å². The van der Waals surface area contributed by atoms with Crippen molar-refractivity contribution in [3.8, 4) is 0 Å². The van der Waals surface area contributed by atoms with E-state index in [4.69, 9.17) is 15.0 Å². The molecule has 1 aliphatic heterocycles. The van der Waals surface area contributed by atoms with E-state index < -0.39 is 42.0 Å². The minimum absolute atomic E-state index is 0.139. The quantitative estimate of drug-likeness (QED) is 0.710. The number of carbonyl (C=O) groups is 2. The standard InChI is InChI=1S/C22H26BFN2O4/c1-21(2)22(3,4)30-23(29-21)15-11-9-14(10-12-15)13-18(19(25)27)26-20(28)16-7-5-6-8-17(16)24/h5-12,18H,13H2,1-4H3,(H2,25,27)(H,26,28)/t18-/m0/s1. The average Bonchev–Trinajstić information content (AvgIpc) is 2.89. The highest BCUT2D eigenvalue weighted by molar-refractivity contribution is 6.62. The van der Waals surface area contributed by atoms with Gasteiger partial charge >= 0.3 is 7.12 Å². The van der Waals surface area contributed by atoms with E-state index in [1.54, 1.807) is 6.07 Å². The van der Waals surface area contributed by atoms with Crippen LogP contribution in [0.25, 0.3) is 0 Å². The SMILES string of the molecule is CC1(C)OB(c2ccc(C[C@H](NC(=O)c3ccccc3F)C(N)=O)cc2)OC1(C)C. The maximum Gasteiger partial charge on any atom is 0.494 e. The van der Waals surface area contributed by atoms with Gasteiger partial charge in [0.25, 0.3) is 5.91 Å². The van der Waals surface area contributed by atoms with Crippen LogP contribution in [0.5, 0.6) is 0 Å². The van der Waals surface area contributed by atoms with Crippen molar-refractivity contribution < 1.29 is 23.3 Å². The summed E-state index contributed by atoms with van der Waals surface area (Å²) >= 11 is 0. The van der Waals surface area contributed by atoms with Crippen LogP contribution < -0.4 is 16.5 Å². The Bertz CT molecular complexity index is 930. The van der Waals surface area contributed by atoms with Crippen LogP contribution in [0.2, 0.25) is 0 Å². The highest BCUT2D eigenvalue weighted by Crippen LogP contribution is 2.36. The van der Waals surface area contributed by atoms with E-state index in [2.05, 4.69) is 5.32 Å². The molecular weight excluding hydrogens is 386 g/mol. The summed E-state index contributed by atoms with van der Waals surface area (Å²) in [4.78, 5) is 24.2. The summed E-state index contributed by atoms with van der Waals surface area (Å²) in [5.41, 5.74) is 6.07. The van der Waals surface area contributed by atoms with Gasteiger partial charge in [0.05, 0.1) is 16.8 Å². The third kappa shape index (κ3) is 4.55. The summed E-state index contributed by atoms with van der Waals surface area (Å²) in [5.74, 6) is -2.05. The van der Waals surface area contributed by atoms with Crippen LogP contribution in [-0.4, -0.2) is 36.2 Å². The smallest absolute Gasteiger partial charge is 0.399 e. The van der Waals surface area contributed by atoms with Gasteiger partial charge in [-0.15, -0.1) is 0 Å². The summed E-state index contributed by atoms with van der Waals surface area (Å²) < 4.78 is 25.9. The molecule has 1 aliphatic rings. The molecule has 158 valence electrons. The van der Waals surface area contributed by atoms with Crippen LogP contribution in [0.15, 0.2) is 48.5 Å². The van der Waals surface area contributed by atoms with Gasteiger partial charge in [-0.3, -0.25) is 9.59 Å². The Labute approximate surface area is 176 Å². The number of halogens is 1. The van der Waals surface area contributed by atoms with E-state index in [1.807, 2.05) is 52.0 Å². The summed E-state index contributed by atoms with van der Waals surface area (Å²) in [6.45, 7) is 7.93. The predicted octanol–water partition coefficient (Wildman–Crippen LogP) is 1.95. The lowest BCUT2D eigenvalue weighted by atomic mass is 9.78. The lowest BCUT2D eigenvalue weighted by molar-refractivity contribution is -0.119. The van der Waals surface area contributed by atoms with E-state index >= 15 is 0 Å². The number of hydrogen-bond acceptors (Lipinski definition) is 4. The maximum atomic E-state index is 13.8. The molecule has 0 aliphatic carbocycles. The van der Waals surface area contributed by atoms with Gasteiger partial charge in [-0.2, -0.15) is 0 Å².